The highest BCUT2D eigenvalue weighted by Gasteiger charge is 2.45. The van der Waals surface area contributed by atoms with E-state index in [1.54, 1.807) is 24.7 Å². The number of hydrogen-bond donors (Lipinski definition) is 1. The maximum atomic E-state index is 12.8. The Morgan fingerprint density at radius 1 is 1.00 bits per heavy atom. The van der Waals surface area contributed by atoms with Crippen molar-refractivity contribution in [3.8, 4) is 17.2 Å². The summed E-state index contributed by atoms with van der Waals surface area (Å²) in [7, 11) is 3.03. The van der Waals surface area contributed by atoms with Gasteiger partial charge in [0.25, 0.3) is 0 Å². The standard InChI is InChI=1S/C28H34Cl2N6O5/c1-28(2,3)41-27(37)36-17-6-7-18(36)9-19(8-17)35-14-16(11-33-35)34-26-31-12-20(13-32-26)40-15-21-24(29)22(38-4)10-23(39-5)25(21)30/h10-14,17-19H,6-9,15H2,1-5H3,(H,31,32,34)/t17-,18+,19-. The molecular formula is C28H34Cl2N6O5. The third-order valence-corrected chi connectivity index (χ3v) is 8.05. The number of piperidine rings is 1. The monoisotopic (exact) mass is 604 g/mol. The lowest BCUT2D eigenvalue weighted by atomic mass is 9.98. The molecule has 5 rings (SSSR count). The third-order valence-electron chi connectivity index (χ3n) is 7.22. The van der Waals surface area contributed by atoms with Gasteiger partial charge in [0, 0.05) is 29.9 Å². The zero-order valence-electron chi connectivity index (χ0n) is 23.7. The number of halogens is 2. The number of rotatable bonds is 8. The lowest BCUT2D eigenvalue weighted by Gasteiger charge is -2.39. The van der Waals surface area contributed by atoms with Crippen molar-refractivity contribution in [3.63, 3.8) is 0 Å². The molecule has 0 unspecified atom stereocenters. The van der Waals surface area contributed by atoms with Crippen LogP contribution in [0.25, 0.3) is 0 Å². The highest BCUT2D eigenvalue weighted by atomic mass is 35.5. The molecule has 3 atom stereocenters. The first-order valence-electron chi connectivity index (χ1n) is 13.4. The summed E-state index contributed by atoms with van der Waals surface area (Å²) >= 11 is 12.9. The van der Waals surface area contributed by atoms with Crippen molar-refractivity contribution in [1.29, 1.82) is 0 Å². The molecule has 11 nitrogen and oxygen atoms in total. The molecule has 1 amide bonds. The van der Waals surface area contributed by atoms with Gasteiger partial charge in [-0.05, 0) is 46.5 Å². The molecule has 0 saturated carbocycles. The van der Waals surface area contributed by atoms with Gasteiger partial charge >= 0.3 is 6.09 Å². The van der Waals surface area contributed by atoms with E-state index >= 15 is 0 Å². The van der Waals surface area contributed by atoms with E-state index in [9.17, 15) is 4.79 Å². The van der Waals surface area contributed by atoms with Crippen LogP contribution in [0.5, 0.6) is 17.2 Å². The average molecular weight is 606 g/mol. The van der Waals surface area contributed by atoms with E-state index in [0.717, 1.165) is 31.4 Å². The Morgan fingerprint density at radius 2 is 1.61 bits per heavy atom. The molecule has 2 aromatic heterocycles. The molecule has 2 fully saturated rings. The summed E-state index contributed by atoms with van der Waals surface area (Å²) in [6, 6.07) is 2.14. The SMILES string of the molecule is COc1cc(OC)c(Cl)c(COc2cnc(Nc3cnn([C@@H]4C[C@H]5CC[C@@H](C4)N5C(=O)OC(C)(C)C)c3)nc2)c1Cl. The second-order valence-corrected chi connectivity index (χ2v) is 11.9. The number of hydrogen-bond acceptors (Lipinski definition) is 9. The molecule has 2 aliphatic heterocycles. The number of fused-ring (bicyclic) bond motifs is 2. The molecule has 41 heavy (non-hydrogen) atoms. The summed E-state index contributed by atoms with van der Waals surface area (Å²) in [5.41, 5.74) is 0.792. The van der Waals surface area contributed by atoms with Crippen molar-refractivity contribution >= 4 is 40.9 Å². The van der Waals surface area contributed by atoms with Gasteiger partial charge in [0.05, 0.1) is 54.6 Å². The Morgan fingerprint density at radius 3 is 2.17 bits per heavy atom. The predicted molar refractivity (Wildman–Crippen MR) is 155 cm³/mol. The van der Waals surface area contributed by atoms with Crippen LogP contribution in [-0.2, 0) is 11.3 Å². The fourth-order valence-electron chi connectivity index (χ4n) is 5.38. The molecule has 0 radical (unpaired) electrons. The lowest BCUT2D eigenvalue weighted by molar-refractivity contribution is 0.00231. The van der Waals surface area contributed by atoms with E-state index < -0.39 is 5.60 Å². The minimum Gasteiger partial charge on any atom is -0.495 e. The molecule has 13 heteroatoms. The number of ether oxygens (including phenoxy) is 4. The van der Waals surface area contributed by atoms with Gasteiger partial charge in [-0.15, -0.1) is 0 Å². The fourth-order valence-corrected chi connectivity index (χ4v) is 5.99. The molecule has 2 aliphatic rings. The van der Waals surface area contributed by atoms with Crippen molar-refractivity contribution in [2.45, 2.75) is 76.8 Å². The number of carbonyl (C=O) groups is 1. The maximum absolute atomic E-state index is 12.8. The van der Waals surface area contributed by atoms with Crippen molar-refractivity contribution in [2.75, 3.05) is 19.5 Å². The van der Waals surface area contributed by atoms with Crippen LogP contribution in [0.1, 0.15) is 58.1 Å². The summed E-state index contributed by atoms with van der Waals surface area (Å²) in [4.78, 5) is 23.4. The van der Waals surface area contributed by atoms with Crippen LogP contribution in [0.4, 0.5) is 16.4 Å². The summed E-state index contributed by atoms with van der Waals surface area (Å²) in [6.07, 6.45) is 10.2. The molecule has 0 spiro atoms. The largest absolute Gasteiger partial charge is 0.495 e. The fraction of sp³-hybridized carbons (Fsp3) is 0.500. The van der Waals surface area contributed by atoms with E-state index in [-0.39, 0.29) is 30.8 Å². The molecule has 1 N–H and O–H groups in total. The van der Waals surface area contributed by atoms with Crippen molar-refractivity contribution in [3.05, 3.63) is 46.5 Å². The van der Waals surface area contributed by atoms with Gasteiger partial charge in [-0.25, -0.2) is 14.8 Å². The van der Waals surface area contributed by atoms with Crippen molar-refractivity contribution in [1.82, 2.24) is 24.6 Å². The van der Waals surface area contributed by atoms with E-state index in [4.69, 9.17) is 42.1 Å². The zero-order chi connectivity index (χ0) is 29.3. The molecule has 2 bridgehead atoms. The van der Waals surface area contributed by atoms with Crippen LogP contribution in [-0.4, -0.2) is 62.6 Å². The molecule has 3 aromatic rings. The van der Waals surface area contributed by atoms with Crippen molar-refractivity contribution < 1.29 is 23.7 Å². The molecule has 220 valence electrons. The highest BCUT2D eigenvalue weighted by Crippen LogP contribution is 2.42. The Kier molecular flexibility index (Phi) is 8.37. The first kappa shape index (κ1) is 29.1. The minimum absolute atomic E-state index is 0.0723. The van der Waals surface area contributed by atoms with Crippen LogP contribution in [0, 0.1) is 0 Å². The number of anilines is 2. The predicted octanol–water partition coefficient (Wildman–Crippen LogP) is 6.42. The number of benzene rings is 1. The number of amides is 1. The molecule has 2 saturated heterocycles. The Bertz CT molecular complexity index is 1350. The first-order chi connectivity index (χ1) is 19.6. The quantitative estimate of drug-likeness (QED) is 0.311. The van der Waals surface area contributed by atoms with Crippen LogP contribution in [0.2, 0.25) is 10.0 Å². The maximum Gasteiger partial charge on any atom is 0.410 e. The van der Waals surface area contributed by atoms with Gasteiger partial charge in [0.2, 0.25) is 5.95 Å². The normalized spacial score (nSPS) is 20.1. The topological polar surface area (TPSA) is 113 Å². The Balaban J connectivity index is 1.18. The van der Waals surface area contributed by atoms with Crippen LogP contribution in [0.3, 0.4) is 0 Å². The van der Waals surface area contributed by atoms with Crippen molar-refractivity contribution in [2.24, 2.45) is 0 Å². The summed E-state index contributed by atoms with van der Waals surface area (Å²) in [6.45, 7) is 5.76. The van der Waals surface area contributed by atoms with E-state index in [2.05, 4.69) is 20.4 Å². The first-order valence-corrected chi connectivity index (χ1v) is 14.2. The molecule has 1 aromatic carbocycles. The Labute approximate surface area is 249 Å². The highest BCUT2D eigenvalue weighted by molar-refractivity contribution is 6.37. The number of methoxy groups -OCH3 is 2. The van der Waals surface area contributed by atoms with Gasteiger partial charge in [0.1, 0.15) is 23.7 Å². The number of aromatic nitrogens is 4. The van der Waals surface area contributed by atoms with E-state index in [1.807, 2.05) is 36.5 Å². The zero-order valence-corrected chi connectivity index (χ0v) is 25.2. The lowest BCUT2D eigenvalue weighted by Crippen LogP contribution is -2.48. The minimum atomic E-state index is -0.506. The van der Waals surface area contributed by atoms with Gasteiger partial charge in [0.15, 0.2) is 5.75 Å². The average Bonchev–Trinajstić information content (AvgIpc) is 3.50. The van der Waals surface area contributed by atoms with Gasteiger partial charge in [-0.3, -0.25) is 4.68 Å². The summed E-state index contributed by atoms with van der Waals surface area (Å²) < 4.78 is 24.1. The molecule has 0 aliphatic carbocycles. The second-order valence-electron chi connectivity index (χ2n) is 11.2. The summed E-state index contributed by atoms with van der Waals surface area (Å²) in [5, 5.41) is 8.45. The molecular weight excluding hydrogens is 571 g/mol. The second kappa shape index (κ2) is 11.8. The van der Waals surface area contributed by atoms with Gasteiger partial charge in [-0.1, -0.05) is 23.2 Å². The van der Waals surface area contributed by atoms with Gasteiger partial charge in [-0.2, -0.15) is 5.10 Å². The molecule has 4 heterocycles. The van der Waals surface area contributed by atoms with E-state index in [1.165, 1.54) is 14.2 Å². The van der Waals surface area contributed by atoms with Crippen LogP contribution in [0.15, 0.2) is 30.9 Å². The van der Waals surface area contributed by atoms with Gasteiger partial charge < -0.3 is 29.2 Å². The van der Waals surface area contributed by atoms with Crippen LogP contribution < -0.4 is 19.5 Å². The number of nitrogens with zero attached hydrogens (tertiary/aromatic N) is 5. The van der Waals surface area contributed by atoms with Crippen LogP contribution >= 0.6 is 23.2 Å². The number of carbonyl (C=O) groups excluding carboxylic acids is 1. The third kappa shape index (κ3) is 6.41. The van der Waals surface area contributed by atoms with E-state index in [0.29, 0.717) is 38.8 Å². The number of nitrogens with one attached hydrogen (secondary N) is 1. The summed E-state index contributed by atoms with van der Waals surface area (Å²) in [5.74, 6) is 1.71. The smallest absolute Gasteiger partial charge is 0.410 e. The Hall–Kier alpha value is -3.44.